The predicted octanol–water partition coefficient (Wildman–Crippen LogP) is 4.06. The normalized spacial score (nSPS) is 13.7. The molecule has 0 spiro atoms. The largest absolute Gasteiger partial charge is 0.494 e. The minimum Gasteiger partial charge on any atom is -0.494 e. The van der Waals surface area contributed by atoms with Gasteiger partial charge in [-0.05, 0) is 54.8 Å². The van der Waals surface area contributed by atoms with Crippen molar-refractivity contribution in [3.63, 3.8) is 0 Å². The lowest BCUT2D eigenvalue weighted by Crippen LogP contribution is -2.51. The molecular weight excluding hydrogens is 498 g/mol. The number of rotatable bonds is 8. The summed E-state index contributed by atoms with van der Waals surface area (Å²) in [5, 5.41) is 11.5. The maximum Gasteiger partial charge on any atom is 0.289 e. The monoisotopic (exact) mass is 523 g/mol. The highest BCUT2D eigenvalue weighted by Gasteiger charge is 2.27. The van der Waals surface area contributed by atoms with Gasteiger partial charge in [0.15, 0.2) is 16.7 Å². The number of ether oxygens (including phenoxy) is 1. The van der Waals surface area contributed by atoms with Crippen LogP contribution in [0.25, 0.3) is 16.4 Å². The molecular formula is C25H25N5O4S2. The molecule has 0 aliphatic carbocycles. The number of carbonyl (C=O) groups is 2. The minimum absolute atomic E-state index is 0.00372. The third kappa shape index (κ3) is 5.17. The van der Waals surface area contributed by atoms with Gasteiger partial charge >= 0.3 is 0 Å². The van der Waals surface area contributed by atoms with E-state index in [2.05, 4.69) is 10.2 Å². The molecule has 11 heteroatoms. The molecule has 0 N–H and O–H groups in total. The van der Waals surface area contributed by atoms with Gasteiger partial charge in [0.1, 0.15) is 5.75 Å². The Labute approximate surface area is 216 Å². The van der Waals surface area contributed by atoms with Crippen LogP contribution in [-0.2, 0) is 4.79 Å². The van der Waals surface area contributed by atoms with Gasteiger partial charge < -0.3 is 19.0 Å². The predicted molar refractivity (Wildman–Crippen MR) is 138 cm³/mol. The summed E-state index contributed by atoms with van der Waals surface area (Å²) in [5.74, 6) is 1.93. The lowest BCUT2D eigenvalue weighted by Gasteiger charge is -2.34. The summed E-state index contributed by atoms with van der Waals surface area (Å²) >= 11 is 2.94. The average Bonchev–Trinajstić information content (AvgIpc) is 3.69. The molecule has 0 saturated carbocycles. The van der Waals surface area contributed by atoms with Crippen LogP contribution in [0.15, 0.2) is 69.7 Å². The molecule has 1 aromatic carbocycles. The first-order valence-electron chi connectivity index (χ1n) is 11.6. The zero-order chi connectivity index (χ0) is 24.9. The molecule has 36 heavy (non-hydrogen) atoms. The molecule has 0 unspecified atom stereocenters. The Hall–Kier alpha value is -3.57. The van der Waals surface area contributed by atoms with Gasteiger partial charge in [-0.15, -0.1) is 21.5 Å². The van der Waals surface area contributed by atoms with Gasteiger partial charge in [0.25, 0.3) is 5.91 Å². The summed E-state index contributed by atoms with van der Waals surface area (Å²) in [6.07, 6.45) is 1.49. The Morgan fingerprint density at radius 3 is 2.47 bits per heavy atom. The van der Waals surface area contributed by atoms with Crippen molar-refractivity contribution >= 4 is 34.9 Å². The summed E-state index contributed by atoms with van der Waals surface area (Å²) in [5.41, 5.74) is 0.895. The molecule has 9 nitrogen and oxygen atoms in total. The van der Waals surface area contributed by atoms with Gasteiger partial charge in [-0.25, -0.2) is 0 Å². The van der Waals surface area contributed by atoms with E-state index < -0.39 is 0 Å². The first-order chi connectivity index (χ1) is 17.6. The lowest BCUT2D eigenvalue weighted by atomic mass is 10.3. The van der Waals surface area contributed by atoms with Crippen LogP contribution in [-0.4, -0.2) is 74.9 Å². The van der Waals surface area contributed by atoms with E-state index in [1.807, 2.05) is 53.3 Å². The number of thiophene rings is 1. The molecule has 3 aromatic heterocycles. The van der Waals surface area contributed by atoms with Crippen molar-refractivity contribution in [1.29, 1.82) is 0 Å². The van der Waals surface area contributed by atoms with Crippen LogP contribution in [0.5, 0.6) is 5.75 Å². The second-order valence-electron chi connectivity index (χ2n) is 7.98. The van der Waals surface area contributed by atoms with Gasteiger partial charge in [-0.2, -0.15) is 0 Å². The molecule has 4 heterocycles. The number of nitrogens with zero attached hydrogens (tertiary/aromatic N) is 5. The zero-order valence-electron chi connectivity index (χ0n) is 19.7. The molecule has 4 aromatic rings. The van der Waals surface area contributed by atoms with Gasteiger partial charge in [0, 0.05) is 26.2 Å². The average molecular weight is 524 g/mol. The van der Waals surface area contributed by atoms with Crippen molar-refractivity contribution in [3.05, 3.63) is 65.9 Å². The fraction of sp³-hybridized carbons (Fsp3) is 0.280. The van der Waals surface area contributed by atoms with Gasteiger partial charge in [-0.3, -0.25) is 14.2 Å². The summed E-state index contributed by atoms with van der Waals surface area (Å²) in [7, 11) is 0. The van der Waals surface area contributed by atoms with Gasteiger partial charge in [0.05, 0.1) is 29.2 Å². The van der Waals surface area contributed by atoms with Gasteiger partial charge in [-0.1, -0.05) is 17.8 Å². The Balaban J connectivity index is 1.26. The number of amides is 2. The first-order valence-corrected chi connectivity index (χ1v) is 13.5. The summed E-state index contributed by atoms with van der Waals surface area (Å²) < 4.78 is 12.8. The van der Waals surface area contributed by atoms with E-state index in [1.165, 1.54) is 18.0 Å². The van der Waals surface area contributed by atoms with Crippen LogP contribution >= 0.6 is 23.1 Å². The fourth-order valence-electron chi connectivity index (χ4n) is 3.95. The highest BCUT2D eigenvalue weighted by molar-refractivity contribution is 7.99. The van der Waals surface area contributed by atoms with Crippen LogP contribution in [0.2, 0.25) is 0 Å². The SMILES string of the molecule is CCOc1ccc(-n2c(SCC(=O)N3CCN(C(=O)c4ccco4)CC3)nnc2-c2cccs2)cc1. The van der Waals surface area contributed by atoms with Crippen molar-refractivity contribution in [2.75, 3.05) is 38.5 Å². The number of carbonyl (C=O) groups excluding carboxylic acids is 2. The summed E-state index contributed by atoms with van der Waals surface area (Å²) in [6.45, 7) is 4.46. The highest BCUT2D eigenvalue weighted by atomic mass is 32.2. The van der Waals surface area contributed by atoms with Crippen LogP contribution in [0.4, 0.5) is 0 Å². The Morgan fingerprint density at radius 2 is 1.81 bits per heavy atom. The molecule has 1 aliphatic heterocycles. The molecule has 186 valence electrons. The first kappa shape index (κ1) is 24.1. The topological polar surface area (TPSA) is 93.7 Å². The van der Waals surface area contributed by atoms with Crippen LogP contribution < -0.4 is 4.74 Å². The number of hydrogen-bond acceptors (Lipinski definition) is 8. The third-order valence-electron chi connectivity index (χ3n) is 5.76. The molecule has 0 bridgehead atoms. The number of furan rings is 1. The number of piperazine rings is 1. The maximum absolute atomic E-state index is 13.0. The number of aromatic nitrogens is 3. The van der Waals surface area contributed by atoms with E-state index >= 15 is 0 Å². The number of benzene rings is 1. The van der Waals surface area contributed by atoms with Crippen molar-refractivity contribution in [2.45, 2.75) is 12.1 Å². The second kappa shape index (κ2) is 11.0. The van der Waals surface area contributed by atoms with E-state index in [-0.39, 0.29) is 17.6 Å². The molecule has 1 fully saturated rings. The summed E-state index contributed by atoms with van der Waals surface area (Å²) in [4.78, 5) is 30.0. The standard InChI is InChI=1S/C25H25N5O4S2/c1-2-33-19-9-7-18(8-10-19)30-23(21-6-4-16-35-21)26-27-25(30)36-17-22(31)28-11-13-29(14-12-28)24(32)20-5-3-15-34-20/h3-10,15-16H,2,11-14,17H2,1H3. The van der Waals surface area contributed by atoms with Gasteiger partial charge in [0.2, 0.25) is 5.91 Å². The summed E-state index contributed by atoms with van der Waals surface area (Å²) in [6, 6.07) is 15.1. The number of hydrogen-bond donors (Lipinski definition) is 0. The third-order valence-corrected chi connectivity index (χ3v) is 7.54. The molecule has 2 amide bonds. The molecule has 1 aliphatic rings. The van der Waals surface area contributed by atoms with E-state index in [9.17, 15) is 9.59 Å². The molecule has 0 atom stereocenters. The van der Waals surface area contributed by atoms with Crippen LogP contribution in [0.3, 0.4) is 0 Å². The number of thioether (sulfide) groups is 1. The molecule has 1 saturated heterocycles. The van der Waals surface area contributed by atoms with Crippen molar-refractivity contribution < 1.29 is 18.7 Å². The Kier molecular flexibility index (Phi) is 7.38. The van der Waals surface area contributed by atoms with E-state index in [0.717, 1.165) is 22.1 Å². The highest BCUT2D eigenvalue weighted by Crippen LogP contribution is 2.31. The maximum atomic E-state index is 13.0. The quantitative estimate of drug-likeness (QED) is 0.322. The zero-order valence-corrected chi connectivity index (χ0v) is 21.3. The van der Waals surface area contributed by atoms with E-state index in [0.29, 0.717) is 43.7 Å². The van der Waals surface area contributed by atoms with Crippen LogP contribution in [0, 0.1) is 0 Å². The Morgan fingerprint density at radius 1 is 1.03 bits per heavy atom. The van der Waals surface area contributed by atoms with Crippen molar-refractivity contribution in [3.8, 4) is 22.1 Å². The van der Waals surface area contributed by atoms with Crippen molar-refractivity contribution in [2.24, 2.45) is 0 Å². The minimum atomic E-state index is -0.147. The van der Waals surface area contributed by atoms with Crippen molar-refractivity contribution in [1.82, 2.24) is 24.6 Å². The van der Waals surface area contributed by atoms with E-state index in [1.54, 1.807) is 33.3 Å². The Bertz CT molecular complexity index is 1290. The second-order valence-corrected chi connectivity index (χ2v) is 9.87. The lowest BCUT2D eigenvalue weighted by molar-refractivity contribution is -0.129. The molecule has 5 rings (SSSR count). The molecule has 0 radical (unpaired) electrons. The van der Waals surface area contributed by atoms with E-state index in [4.69, 9.17) is 9.15 Å². The fourth-order valence-corrected chi connectivity index (χ4v) is 5.51. The van der Waals surface area contributed by atoms with Crippen LogP contribution in [0.1, 0.15) is 17.5 Å². The smallest absolute Gasteiger partial charge is 0.289 e.